The molecule has 0 amide bonds. The van der Waals surface area contributed by atoms with Crippen LogP contribution < -0.4 is 5.32 Å². The SMILES string of the molecule is C=C(CCCCC1CCC(C(=O)c2ccc3[nH]ccc3c2)CC1)C(=O)C1CC2CCCCC2N1. The second-order valence-electron chi connectivity index (χ2n) is 11.2. The van der Waals surface area contributed by atoms with Crippen molar-refractivity contribution in [3.8, 4) is 0 Å². The summed E-state index contributed by atoms with van der Waals surface area (Å²) in [6.07, 6.45) is 16.7. The Kier molecular flexibility index (Phi) is 7.34. The minimum atomic E-state index is 0.0198. The summed E-state index contributed by atoms with van der Waals surface area (Å²) in [7, 11) is 0. The van der Waals surface area contributed by atoms with Crippen LogP contribution in [0.4, 0.5) is 0 Å². The van der Waals surface area contributed by atoms with E-state index in [-0.39, 0.29) is 17.7 Å². The molecule has 2 heterocycles. The topological polar surface area (TPSA) is 62.0 Å². The molecule has 34 heavy (non-hydrogen) atoms. The molecule has 0 bridgehead atoms. The van der Waals surface area contributed by atoms with E-state index in [9.17, 15) is 9.59 Å². The molecule has 0 radical (unpaired) electrons. The number of hydrogen-bond donors (Lipinski definition) is 2. The van der Waals surface area contributed by atoms with Crippen molar-refractivity contribution in [1.82, 2.24) is 10.3 Å². The Balaban J connectivity index is 0.999. The molecule has 4 nitrogen and oxygen atoms in total. The second-order valence-corrected chi connectivity index (χ2v) is 11.2. The van der Waals surface area contributed by atoms with Crippen LogP contribution in [0.3, 0.4) is 0 Å². The van der Waals surface area contributed by atoms with Crippen LogP contribution in [0.1, 0.15) is 93.8 Å². The highest BCUT2D eigenvalue weighted by Crippen LogP contribution is 2.36. The van der Waals surface area contributed by atoms with Gasteiger partial charge in [-0.1, -0.05) is 32.3 Å². The Morgan fingerprint density at radius 3 is 2.62 bits per heavy atom. The Bertz CT molecular complexity index is 1020. The van der Waals surface area contributed by atoms with Gasteiger partial charge in [-0.25, -0.2) is 0 Å². The summed E-state index contributed by atoms with van der Waals surface area (Å²) in [6.45, 7) is 4.15. The van der Waals surface area contributed by atoms with E-state index in [4.69, 9.17) is 0 Å². The van der Waals surface area contributed by atoms with E-state index in [0.717, 1.165) is 79.3 Å². The molecule has 0 spiro atoms. The van der Waals surface area contributed by atoms with Crippen LogP contribution in [0.25, 0.3) is 10.9 Å². The van der Waals surface area contributed by atoms with Gasteiger partial charge in [-0.05, 0) is 99.5 Å². The van der Waals surface area contributed by atoms with Gasteiger partial charge < -0.3 is 10.3 Å². The second kappa shape index (κ2) is 10.6. The first kappa shape index (κ1) is 23.5. The third-order valence-electron chi connectivity index (χ3n) is 8.92. The molecule has 1 aromatic carbocycles. The van der Waals surface area contributed by atoms with Gasteiger partial charge in [0.15, 0.2) is 11.6 Å². The zero-order valence-electron chi connectivity index (χ0n) is 20.5. The maximum atomic E-state index is 13.0. The van der Waals surface area contributed by atoms with Gasteiger partial charge in [0.1, 0.15) is 0 Å². The summed E-state index contributed by atoms with van der Waals surface area (Å²) >= 11 is 0. The first-order valence-electron chi connectivity index (χ1n) is 13.7. The molecule has 2 saturated carbocycles. The fourth-order valence-corrected chi connectivity index (χ4v) is 6.82. The zero-order valence-corrected chi connectivity index (χ0v) is 20.5. The van der Waals surface area contributed by atoms with Crippen molar-refractivity contribution in [3.05, 3.63) is 48.2 Å². The Hall–Kier alpha value is -2.20. The standard InChI is InChI=1S/C30H40N2O2/c1-20(29(33)28-19-23-8-4-5-9-27(23)32-28)6-2-3-7-21-10-12-22(13-11-21)30(34)25-14-15-26-24(18-25)16-17-31-26/h14-18,21-23,27-28,31-32H,1-13,19H2. The van der Waals surface area contributed by atoms with Crippen molar-refractivity contribution in [2.45, 2.75) is 95.6 Å². The summed E-state index contributed by atoms with van der Waals surface area (Å²) in [5, 5.41) is 4.72. The van der Waals surface area contributed by atoms with Crippen LogP contribution in [0.5, 0.6) is 0 Å². The largest absolute Gasteiger partial charge is 0.361 e. The zero-order chi connectivity index (χ0) is 23.5. The number of H-pyrrole nitrogens is 1. The molecule has 3 fully saturated rings. The van der Waals surface area contributed by atoms with Gasteiger partial charge in [-0.2, -0.15) is 0 Å². The van der Waals surface area contributed by atoms with E-state index < -0.39 is 0 Å². The normalized spacial score (nSPS) is 29.1. The van der Waals surface area contributed by atoms with Crippen molar-refractivity contribution in [1.29, 1.82) is 0 Å². The lowest BCUT2D eigenvalue weighted by Crippen LogP contribution is -2.37. The maximum absolute atomic E-state index is 13.0. The quantitative estimate of drug-likeness (QED) is 0.247. The predicted molar refractivity (Wildman–Crippen MR) is 138 cm³/mol. The van der Waals surface area contributed by atoms with E-state index in [2.05, 4.69) is 16.9 Å². The van der Waals surface area contributed by atoms with E-state index in [1.165, 1.54) is 32.1 Å². The maximum Gasteiger partial charge on any atom is 0.175 e. The number of rotatable bonds is 9. The summed E-state index contributed by atoms with van der Waals surface area (Å²) in [6, 6.07) is 8.63. The Morgan fingerprint density at radius 2 is 1.79 bits per heavy atom. The molecule has 2 aromatic rings. The average Bonchev–Trinajstić information content (AvgIpc) is 3.52. The summed E-state index contributed by atoms with van der Waals surface area (Å²) in [4.78, 5) is 29.1. The molecule has 182 valence electrons. The highest BCUT2D eigenvalue weighted by atomic mass is 16.1. The number of Topliss-reactive ketones (excluding diaryl/α,β-unsaturated/α-hetero) is 2. The number of hydrogen-bond acceptors (Lipinski definition) is 3. The van der Waals surface area contributed by atoms with E-state index in [1.807, 2.05) is 30.5 Å². The van der Waals surface area contributed by atoms with Crippen LogP contribution in [-0.4, -0.2) is 28.6 Å². The van der Waals surface area contributed by atoms with Gasteiger partial charge in [0.25, 0.3) is 0 Å². The molecule has 3 atom stereocenters. The van der Waals surface area contributed by atoms with Gasteiger partial charge in [-0.3, -0.25) is 9.59 Å². The van der Waals surface area contributed by atoms with Crippen LogP contribution in [0, 0.1) is 17.8 Å². The molecule has 1 aromatic heterocycles. The van der Waals surface area contributed by atoms with Crippen LogP contribution in [-0.2, 0) is 4.79 Å². The van der Waals surface area contributed by atoms with Gasteiger partial charge in [0.05, 0.1) is 6.04 Å². The van der Waals surface area contributed by atoms with Gasteiger partial charge >= 0.3 is 0 Å². The van der Waals surface area contributed by atoms with Crippen LogP contribution >= 0.6 is 0 Å². The van der Waals surface area contributed by atoms with Gasteiger partial charge in [0.2, 0.25) is 0 Å². The highest BCUT2D eigenvalue weighted by molar-refractivity contribution is 6.01. The lowest BCUT2D eigenvalue weighted by atomic mass is 9.77. The van der Waals surface area contributed by atoms with Crippen molar-refractivity contribution >= 4 is 22.5 Å². The summed E-state index contributed by atoms with van der Waals surface area (Å²) in [5.41, 5.74) is 2.77. The monoisotopic (exact) mass is 460 g/mol. The number of fused-ring (bicyclic) bond motifs is 2. The fraction of sp³-hybridized carbons (Fsp3) is 0.600. The third kappa shape index (κ3) is 5.22. The van der Waals surface area contributed by atoms with Crippen molar-refractivity contribution in [3.63, 3.8) is 0 Å². The van der Waals surface area contributed by atoms with Crippen molar-refractivity contribution < 1.29 is 9.59 Å². The number of aromatic nitrogens is 1. The number of ketones is 2. The molecule has 4 heteroatoms. The number of carbonyl (C=O) groups is 2. The van der Waals surface area contributed by atoms with Crippen LogP contribution in [0.15, 0.2) is 42.6 Å². The molecule has 5 rings (SSSR count). The van der Waals surface area contributed by atoms with Gasteiger partial charge in [-0.15, -0.1) is 0 Å². The number of benzene rings is 1. The molecule has 2 N–H and O–H groups in total. The molecule has 1 aliphatic heterocycles. The minimum Gasteiger partial charge on any atom is -0.361 e. The van der Waals surface area contributed by atoms with E-state index in [0.29, 0.717) is 17.7 Å². The number of nitrogens with one attached hydrogen (secondary N) is 2. The van der Waals surface area contributed by atoms with Gasteiger partial charge in [0, 0.05) is 34.6 Å². The van der Waals surface area contributed by atoms with Crippen molar-refractivity contribution in [2.75, 3.05) is 0 Å². The summed E-state index contributed by atoms with van der Waals surface area (Å²) < 4.78 is 0. The number of unbranched alkanes of at least 4 members (excludes halogenated alkanes) is 1. The van der Waals surface area contributed by atoms with E-state index >= 15 is 0 Å². The Morgan fingerprint density at radius 1 is 0.971 bits per heavy atom. The van der Waals surface area contributed by atoms with Crippen molar-refractivity contribution in [2.24, 2.45) is 17.8 Å². The first-order chi connectivity index (χ1) is 16.6. The number of aromatic amines is 1. The number of carbonyl (C=O) groups excluding carboxylic acids is 2. The molecule has 3 aliphatic rings. The molecular weight excluding hydrogens is 420 g/mol. The predicted octanol–water partition coefficient (Wildman–Crippen LogP) is 6.76. The fourth-order valence-electron chi connectivity index (χ4n) is 6.82. The molecule has 2 aliphatic carbocycles. The van der Waals surface area contributed by atoms with Crippen LogP contribution in [0.2, 0.25) is 0 Å². The Labute approximate surface area is 204 Å². The van der Waals surface area contributed by atoms with E-state index in [1.54, 1.807) is 0 Å². The molecule has 1 saturated heterocycles. The molecular formula is C30H40N2O2. The third-order valence-corrected chi connectivity index (χ3v) is 8.92. The summed E-state index contributed by atoms with van der Waals surface area (Å²) in [5.74, 6) is 2.18. The molecule has 3 unspecified atom stereocenters. The highest BCUT2D eigenvalue weighted by Gasteiger charge is 2.38. The smallest absolute Gasteiger partial charge is 0.175 e. The lowest BCUT2D eigenvalue weighted by Gasteiger charge is -2.27. The lowest BCUT2D eigenvalue weighted by molar-refractivity contribution is -0.117. The first-order valence-corrected chi connectivity index (χ1v) is 13.7. The average molecular weight is 461 g/mol. The minimum absolute atomic E-state index is 0.0198.